The Morgan fingerprint density at radius 2 is 1.40 bits per heavy atom. The first kappa shape index (κ1) is 20.3. The maximum Gasteiger partial charge on any atom is 0.126 e. The minimum atomic E-state index is 0.737. The van der Waals surface area contributed by atoms with Gasteiger partial charge in [-0.15, -0.1) is 0 Å². The zero-order chi connectivity index (χ0) is 17.7. The third kappa shape index (κ3) is 7.83. The molecule has 0 unspecified atom stereocenters. The Labute approximate surface area is 168 Å². The van der Waals surface area contributed by atoms with Crippen LogP contribution in [0.4, 0.5) is 0 Å². The Morgan fingerprint density at radius 1 is 0.720 bits per heavy atom. The largest absolute Gasteiger partial charge is 0.493 e. The van der Waals surface area contributed by atoms with E-state index in [0.717, 1.165) is 67.5 Å². The lowest BCUT2D eigenvalue weighted by molar-refractivity contribution is 0.293. The molecule has 0 spiro atoms. The molecule has 0 bridgehead atoms. The number of rotatable bonds is 12. The molecule has 0 N–H and O–H groups in total. The molecular weight excluding hydrogens is 444 g/mol. The maximum absolute atomic E-state index is 6.07. The third-order valence-electron chi connectivity index (χ3n) is 3.86. The van der Waals surface area contributed by atoms with E-state index in [-0.39, 0.29) is 0 Å². The van der Waals surface area contributed by atoms with Crippen molar-refractivity contribution in [1.82, 2.24) is 0 Å². The average Bonchev–Trinajstić information content (AvgIpc) is 2.65. The summed E-state index contributed by atoms with van der Waals surface area (Å²) in [5, 5.41) is 2.04. The molecule has 4 heteroatoms. The first-order valence-corrected chi connectivity index (χ1v) is 11.1. The molecule has 0 heterocycles. The Hall–Kier alpha value is -1.000. The van der Waals surface area contributed by atoms with E-state index < -0.39 is 0 Å². The van der Waals surface area contributed by atoms with Crippen LogP contribution in [0.1, 0.15) is 36.8 Å². The van der Waals surface area contributed by atoms with Crippen LogP contribution in [-0.4, -0.2) is 23.9 Å². The van der Waals surface area contributed by atoms with Crippen molar-refractivity contribution in [2.24, 2.45) is 0 Å². The van der Waals surface area contributed by atoms with E-state index in [4.69, 9.17) is 9.47 Å². The second-order valence-corrected chi connectivity index (χ2v) is 7.51. The molecule has 0 atom stereocenters. The van der Waals surface area contributed by atoms with E-state index in [1.54, 1.807) is 0 Å². The summed E-state index contributed by atoms with van der Waals surface area (Å²) in [6, 6.07) is 16.7. The van der Waals surface area contributed by atoms with Gasteiger partial charge in [-0.05, 0) is 42.9 Å². The summed E-state index contributed by atoms with van der Waals surface area (Å²) >= 11 is 6.92. The molecule has 0 aromatic heterocycles. The maximum atomic E-state index is 6.07. The topological polar surface area (TPSA) is 18.5 Å². The fraction of sp³-hybridized carbons (Fsp3) is 0.429. The molecule has 2 aromatic carbocycles. The van der Waals surface area contributed by atoms with Crippen molar-refractivity contribution in [3.05, 3.63) is 59.7 Å². The Morgan fingerprint density at radius 3 is 2.08 bits per heavy atom. The van der Waals surface area contributed by atoms with Crippen LogP contribution in [-0.2, 0) is 6.42 Å². The van der Waals surface area contributed by atoms with Gasteiger partial charge in [0.25, 0.3) is 0 Å². The monoisotopic (exact) mass is 468 g/mol. The van der Waals surface area contributed by atoms with Gasteiger partial charge in [0, 0.05) is 23.1 Å². The van der Waals surface area contributed by atoms with Gasteiger partial charge in [-0.3, -0.25) is 0 Å². The van der Waals surface area contributed by atoms with Crippen LogP contribution in [0.5, 0.6) is 11.5 Å². The van der Waals surface area contributed by atoms with Crippen molar-refractivity contribution in [2.45, 2.75) is 32.1 Å². The number of hydrogen-bond donors (Lipinski definition) is 0. The zero-order valence-electron chi connectivity index (χ0n) is 14.6. The summed E-state index contributed by atoms with van der Waals surface area (Å²) in [6.45, 7) is 1.48. The predicted molar refractivity (Wildman–Crippen MR) is 113 cm³/mol. The van der Waals surface area contributed by atoms with Gasteiger partial charge >= 0.3 is 0 Å². The molecule has 0 saturated carbocycles. The summed E-state index contributed by atoms with van der Waals surface area (Å²) in [5.74, 6) is 1.83. The van der Waals surface area contributed by atoms with Gasteiger partial charge in [0.1, 0.15) is 11.5 Å². The summed E-state index contributed by atoms with van der Waals surface area (Å²) in [7, 11) is 0. The molecular formula is C21H26Br2O2. The molecule has 0 aliphatic rings. The highest BCUT2D eigenvalue weighted by atomic mass is 79.9. The standard InChI is InChI=1S/C21H26Br2O2/c22-12-4-6-14-24-20-11-10-19(16-18-8-2-1-3-9-18)21(17-20)25-15-7-5-13-23/h1-3,8-11,17H,4-7,12-16H2. The van der Waals surface area contributed by atoms with Crippen LogP contribution < -0.4 is 9.47 Å². The molecule has 136 valence electrons. The fourth-order valence-electron chi connectivity index (χ4n) is 2.49. The zero-order valence-corrected chi connectivity index (χ0v) is 17.7. The predicted octanol–water partition coefficient (Wildman–Crippen LogP) is 6.39. The second kappa shape index (κ2) is 12.4. The first-order valence-electron chi connectivity index (χ1n) is 8.88. The van der Waals surface area contributed by atoms with Crippen molar-refractivity contribution in [1.29, 1.82) is 0 Å². The highest BCUT2D eigenvalue weighted by molar-refractivity contribution is 9.09. The molecule has 25 heavy (non-hydrogen) atoms. The van der Waals surface area contributed by atoms with E-state index >= 15 is 0 Å². The van der Waals surface area contributed by atoms with Crippen LogP contribution in [0.15, 0.2) is 48.5 Å². The fourth-order valence-corrected chi connectivity index (χ4v) is 3.28. The molecule has 2 aromatic rings. The molecule has 0 amide bonds. The van der Waals surface area contributed by atoms with Gasteiger partial charge in [-0.25, -0.2) is 0 Å². The number of halogens is 2. The van der Waals surface area contributed by atoms with Crippen molar-refractivity contribution in [3.8, 4) is 11.5 Å². The molecule has 2 rings (SSSR count). The van der Waals surface area contributed by atoms with Gasteiger partial charge < -0.3 is 9.47 Å². The average molecular weight is 470 g/mol. The number of benzene rings is 2. The molecule has 0 aliphatic heterocycles. The van der Waals surface area contributed by atoms with Gasteiger partial charge in [0.2, 0.25) is 0 Å². The highest BCUT2D eigenvalue weighted by Gasteiger charge is 2.08. The molecule has 0 fully saturated rings. The quantitative estimate of drug-likeness (QED) is 0.265. The SMILES string of the molecule is BrCCCCOc1ccc(Cc2ccccc2)c(OCCCCBr)c1. The molecule has 0 aliphatic carbocycles. The van der Waals surface area contributed by atoms with Crippen LogP contribution >= 0.6 is 31.9 Å². The van der Waals surface area contributed by atoms with Gasteiger partial charge in [0.15, 0.2) is 0 Å². The number of alkyl halides is 2. The van der Waals surface area contributed by atoms with Crippen LogP contribution in [0, 0.1) is 0 Å². The van der Waals surface area contributed by atoms with E-state index in [0.29, 0.717) is 0 Å². The van der Waals surface area contributed by atoms with E-state index in [1.807, 2.05) is 12.1 Å². The number of hydrogen-bond acceptors (Lipinski definition) is 2. The first-order chi connectivity index (χ1) is 12.3. The highest BCUT2D eigenvalue weighted by Crippen LogP contribution is 2.27. The van der Waals surface area contributed by atoms with Crippen LogP contribution in [0.3, 0.4) is 0 Å². The van der Waals surface area contributed by atoms with Crippen molar-refractivity contribution < 1.29 is 9.47 Å². The van der Waals surface area contributed by atoms with E-state index in [2.05, 4.69) is 68.3 Å². The van der Waals surface area contributed by atoms with Gasteiger partial charge in [-0.2, -0.15) is 0 Å². The van der Waals surface area contributed by atoms with Crippen LogP contribution in [0.25, 0.3) is 0 Å². The van der Waals surface area contributed by atoms with Crippen LogP contribution in [0.2, 0.25) is 0 Å². The summed E-state index contributed by atoms with van der Waals surface area (Å²) < 4.78 is 11.9. The normalized spacial score (nSPS) is 10.6. The molecule has 0 saturated heterocycles. The van der Waals surface area contributed by atoms with Crippen molar-refractivity contribution in [2.75, 3.05) is 23.9 Å². The van der Waals surface area contributed by atoms with E-state index in [9.17, 15) is 0 Å². The lowest BCUT2D eigenvalue weighted by Crippen LogP contribution is -2.03. The number of unbranched alkanes of at least 4 members (excludes halogenated alkanes) is 2. The second-order valence-electron chi connectivity index (χ2n) is 5.92. The minimum absolute atomic E-state index is 0.737. The summed E-state index contributed by atoms with van der Waals surface area (Å²) in [4.78, 5) is 0. The van der Waals surface area contributed by atoms with Crippen molar-refractivity contribution in [3.63, 3.8) is 0 Å². The summed E-state index contributed by atoms with van der Waals surface area (Å²) in [5.41, 5.74) is 2.50. The third-order valence-corrected chi connectivity index (χ3v) is 4.98. The Balaban J connectivity index is 2.04. The Bertz CT molecular complexity index is 602. The Kier molecular flexibility index (Phi) is 10.1. The van der Waals surface area contributed by atoms with Gasteiger partial charge in [0.05, 0.1) is 13.2 Å². The van der Waals surface area contributed by atoms with Gasteiger partial charge in [-0.1, -0.05) is 68.3 Å². The van der Waals surface area contributed by atoms with E-state index in [1.165, 1.54) is 11.1 Å². The lowest BCUT2D eigenvalue weighted by Gasteiger charge is -2.14. The minimum Gasteiger partial charge on any atom is -0.493 e. The lowest BCUT2D eigenvalue weighted by atomic mass is 10.0. The molecule has 0 radical (unpaired) electrons. The molecule has 2 nitrogen and oxygen atoms in total. The summed E-state index contributed by atoms with van der Waals surface area (Å²) in [6.07, 6.45) is 5.22. The number of ether oxygens (including phenoxy) is 2. The van der Waals surface area contributed by atoms with Crippen molar-refractivity contribution >= 4 is 31.9 Å². The smallest absolute Gasteiger partial charge is 0.126 e.